The number of pyridine rings is 2. The first-order valence-electron chi connectivity index (χ1n) is 14.2. The first-order valence-corrected chi connectivity index (χ1v) is 16.1. The third-order valence-electron chi connectivity index (χ3n) is 8.29. The minimum Gasteiger partial charge on any atom is -0.496 e. The highest BCUT2D eigenvalue weighted by molar-refractivity contribution is 7.97. The summed E-state index contributed by atoms with van der Waals surface area (Å²) in [4.78, 5) is 21.7. The summed E-state index contributed by atoms with van der Waals surface area (Å²) >= 11 is 3.49. The molecule has 0 saturated heterocycles. The molecule has 4 aromatic heterocycles. The quantitative estimate of drug-likeness (QED) is 0.202. The Morgan fingerprint density at radius 2 is 1.47 bits per heavy atom. The van der Waals surface area contributed by atoms with Crippen molar-refractivity contribution in [2.75, 3.05) is 7.11 Å². The summed E-state index contributed by atoms with van der Waals surface area (Å²) in [5, 5.41) is 0. The van der Waals surface area contributed by atoms with Crippen LogP contribution in [0.3, 0.4) is 0 Å². The molecule has 43 heavy (non-hydrogen) atoms. The molecule has 0 aliphatic carbocycles. The summed E-state index contributed by atoms with van der Waals surface area (Å²) in [6.45, 7) is 12.2. The van der Waals surface area contributed by atoms with Gasteiger partial charge in [0, 0.05) is 46.1 Å². The van der Waals surface area contributed by atoms with Crippen LogP contribution in [0.2, 0.25) is 0 Å². The van der Waals surface area contributed by atoms with Crippen LogP contribution in [0.1, 0.15) is 44.8 Å². The number of aromatic nitrogens is 6. The molecule has 0 saturated carbocycles. The minimum absolute atomic E-state index is 0.141. The summed E-state index contributed by atoms with van der Waals surface area (Å²) in [5.41, 5.74) is 13.2. The number of hydrogen-bond donors (Lipinski definition) is 0. The molecule has 0 radical (unpaired) electrons. The lowest BCUT2D eigenvalue weighted by atomic mass is 10.1. The molecule has 6 aromatic rings. The van der Waals surface area contributed by atoms with Gasteiger partial charge in [0.25, 0.3) is 0 Å². The summed E-state index contributed by atoms with van der Waals surface area (Å²) in [5.74, 6) is 4.53. The molecule has 0 fully saturated rings. The van der Waals surface area contributed by atoms with Crippen LogP contribution in [-0.4, -0.2) is 29.6 Å². The van der Waals surface area contributed by atoms with E-state index in [2.05, 4.69) is 87.4 Å². The van der Waals surface area contributed by atoms with Gasteiger partial charge >= 0.3 is 5.95 Å². The lowest BCUT2D eigenvalue weighted by Gasteiger charge is -2.22. The van der Waals surface area contributed by atoms with Crippen LogP contribution in [0, 0.1) is 41.5 Å². The fraction of sp³-hybridized carbons (Fsp3) is 0.273. The second kappa shape index (κ2) is 10.3. The molecule has 0 spiro atoms. The molecule has 0 bridgehead atoms. The summed E-state index contributed by atoms with van der Waals surface area (Å²) in [6, 6.07) is 12.8. The number of aryl methyl sites for hydroxylation is 4. The van der Waals surface area contributed by atoms with Gasteiger partial charge in [-0.15, -0.1) is 0 Å². The smallest absolute Gasteiger partial charge is 0.415 e. The van der Waals surface area contributed by atoms with Crippen LogP contribution in [0.25, 0.3) is 34.0 Å². The molecule has 0 unspecified atom stereocenters. The van der Waals surface area contributed by atoms with Crippen molar-refractivity contribution in [2.45, 2.75) is 53.0 Å². The molecule has 0 atom stereocenters. The molecule has 0 N–H and O–H groups in total. The van der Waals surface area contributed by atoms with E-state index in [0.717, 1.165) is 68.1 Å². The minimum atomic E-state index is 0.141. The van der Waals surface area contributed by atoms with Gasteiger partial charge in [0.15, 0.2) is 16.5 Å². The molecule has 6 heterocycles. The van der Waals surface area contributed by atoms with Gasteiger partial charge in [-0.2, -0.15) is 3.97 Å². The molecule has 8 nitrogen and oxygen atoms in total. The van der Waals surface area contributed by atoms with E-state index < -0.39 is 0 Å². The van der Waals surface area contributed by atoms with Gasteiger partial charge in [-0.25, -0.2) is 9.55 Å². The Morgan fingerprint density at radius 3 is 2.16 bits per heavy atom. The first kappa shape index (κ1) is 27.8. The fourth-order valence-electron chi connectivity index (χ4n) is 6.02. The molecule has 0 amide bonds. The Bertz CT molecular complexity index is 2180. The standard InChI is InChI=1S/C17H18N3OS.C16H15N3OS/c1-10-5-6-14-13(7-10)18-17-19-8-11(2)16(21-4)12(3)15(19)9-22-20(14)17;1-9-4-5-13-12(6-9)17-16-18-7-10(2)15(20)11(3)14(18)8-21-19(13)16/h5-8H,9H2,1-4H3;4-7H,8H2,1-3H3/q+1;. The predicted molar refractivity (Wildman–Crippen MR) is 175 cm³/mol. The summed E-state index contributed by atoms with van der Waals surface area (Å²) < 4.78 is 14.2. The van der Waals surface area contributed by atoms with Gasteiger partial charge in [0.1, 0.15) is 11.4 Å². The van der Waals surface area contributed by atoms with Crippen molar-refractivity contribution in [3.63, 3.8) is 0 Å². The van der Waals surface area contributed by atoms with Gasteiger partial charge in [0.05, 0.1) is 35.8 Å². The second-order valence-electron chi connectivity index (χ2n) is 11.3. The van der Waals surface area contributed by atoms with E-state index in [-0.39, 0.29) is 5.43 Å². The van der Waals surface area contributed by atoms with E-state index in [4.69, 9.17) is 14.7 Å². The molecule has 218 valence electrons. The number of methoxy groups -OCH3 is 1. The SMILES string of the molecule is COc1c(C)c[n+]2c(c1C)CSn1c-2nc2cc(C)ccc21.Cc1ccc2c(c1)nc1n2SCc2c(C)c(=O)c(C)cn2-1. The molecular weight excluding hydrogens is 577 g/mol. The summed E-state index contributed by atoms with van der Waals surface area (Å²) in [7, 11) is 1.74. The van der Waals surface area contributed by atoms with Crippen molar-refractivity contribution < 1.29 is 9.30 Å². The van der Waals surface area contributed by atoms with Gasteiger partial charge in [-0.3, -0.25) is 13.3 Å². The van der Waals surface area contributed by atoms with Crippen molar-refractivity contribution in [3.8, 4) is 17.6 Å². The number of imidazole rings is 2. The molecule has 8 rings (SSSR count). The Balaban J connectivity index is 0.000000140. The fourth-order valence-corrected chi connectivity index (χ4v) is 8.31. The van der Waals surface area contributed by atoms with Crippen LogP contribution in [0.4, 0.5) is 0 Å². The third-order valence-corrected chi connectivity index (χ3v) is 10.3. The highest BCUT2D eigenvalue weighted by atomic mass is 32.2. The van der Waals surface area contributed by atoms with Crippen molar-refractivity contribution in [3.05, 3.63) is 104 Å². The lowest BCUT2D eigenvalue weighted by Crippen LogP contribution is -2.42. The number of nitrogens with zero attached hydrogens (tertiary/aromatic N) is 6. The number of benzene rings is 2. The van der Waals surface area contributed by atoms with Crippen molar-refractivity contribution in [1.29, 1.82) is 0 Å². The van der Waals surface area contributed by atoms with E-state index in [0.29, 0.717) is 0 Å². The molecule has 2 aliphatic rings. The largest absolute Gasteiger partial charge is 0.496 e. The first-order chi connectivity index (χ1) is 20.7. The van der Waals surface area contributed by atoms with Crippen LogP contribution in [0.15, 0.2) is 53.6 Å². The Morgan fingerprint density at radius 1 is 0.814 bits per heavy atom. The lowest BCUT2D eigenvalue weighted by molar-refractivity contribution is -0.613. The second-order valence-corrected chi connectivity index (χ2v) is 13.1. The van der Waals surface area contributed by atoms with Crippen LogP contribution < -0.4 is 14.7 Å². The average Bonchev–Trinajstić information content (AvgIpc) is 3.54. The van der Waals surface area contributed by atoms with E-state index in [9.17, 15) is 4.79 Å². The van der Waals surface area contributed by atoms with Gasteiger partial charge in [0.2, 0.25) is 5.95 Å². The number of rotatable bonds is 1. The Hall–Kier alpha value is -4.02. The maximum atomic E-state index is 12.1. The average molecular weight is 610 g/mol. The van der Waals surface area contributed by atoms with Gasteiger partial charge in [-0.05, 0) is 88.9 Å². The van der Waals surface area contributed by atoms with Crippen molar-refractivity contribution >= 4 is 46.0 Å². The van der Waals surface area contributed by atoms with Crippen LogP contribution >= 0.6 is 23.9 Å². The van der Waals surface area contributed by atoms with E-state index in [1.54, 1.807) is 31.0 Å². The Labute approximate surface area is 258 Å². The molecule has 2 aliphatic heterocycles. The number of fused-ring (bicyclic) bond motifs is 10. The van der Waals surface area contributed by atoms with E-state index >= 15 is 0 Å². The monoisotopic (exact) mass is 609 g/mol. The number of hydrogen-bond acceptors (Lipinski definition) is 6. The number of ether oxygens (including phenoxy) is 1. The third kappa shape index (κ3) is 4.38. The molecule has 10 heteroatoms. The maximum Gasteiger partial charge on any atom is 0.415 e. The molecular formula is C33H33N6O2S2+. The zero-order valence-electron chi connectivity index (χ0n) is 25.3. The Kier molecular flexibility index (Phi) is 6.66. The zero-order chi connectivity index (χ0) is 30.2. The van der Waals surface area contributed by atoms with E-state index in [1.165, 1.54) is 27.9 Å². The van der Waals surface area contributed by atoms with Gasteiger partial charge < -0.3 is 4.74 Å². The van der Waals surface area contributed by atoms with Gasteiger partial charge in [-0.1, -0.05) is 17.1 Å². The highest BCUT2D eigenvalue weighted by Crippen LogP contribution is 2.34. The van der Waals surface area contributed by atoms with Crippen LogP contribution in [-0.2, 0) is 11.5 Å². The predicted octanol–water partition coefficient (Wildman–Crippen LogP) is 6.38. The maximum absolute atomic E-state index is 12.1. The van der Waals surface area contributed by atoms with Crippen molar-refractivity contribution in [1.82, 2.24) is 22.5 Å². The topological polar surface area (TPSA) is 70.8 Å². The van der Waals surface area contributed by atoms with Crippen LogP contribution in [0.5, 0.6) is 5.75 Å². The zero-order valence-corrected chi connectivity index (χ0v) is 27.0. The van der Waals surface area contributed by atoms with E-state index in [1.807, 2.05) is 20.0 Å². The molecule has 2 aromatic carbocycles. The summed E-state index contributed by atoms with van der Waals surface area (Å²) in [6.07, 6.45) is 4.04. The highest BCUT2D eigenvalue weighted by Gasteiger charge is 2.31. The van der Waals surface area contributed by atoms with Crippen molar-refractivity contribution in [2.24, 2.45) is 0 Å². The normalized spacial score (nSPS) is 13.2.